The Morgan fingerprint density at radius 1 is 1.18 bits per heavy atom. The summed E-state index contributed by atoms with van der Waals surface area (Å²) in [5.41, 5.74) is 6.48. The van der Waals surface area contributed by atoms with Crippen molar-refractivity contribution in [1.29, 1.82) is 0 Å². The summed E-state index contributed by atoms with van der Waals surface area (Å²) in [5.74, 6) is 0.498. The molecule has 0 amide bonds. The maximum atomic E-state index is 11.7. The Morgan fingerprint density at radius 2 is 1.82 bits per heavy atom. The number of nitrogens with two attached hydrogens (primary N) is 1. The molecule has 1 aromatic carbocycles. The van der Waals surface area contributed by atoms with E-state index in [1.807, 2.05) is 24.3 Å². The summed E-state index contributed by atoms with van der Waals surface area (Å²) in [4.78, 5) is 0.998. The van der Waals surface area contributed by atoms with E-state index in [4.69, 9.17) is 5.73 Å². The third-order valence-corrected chi connectivity index (χ3v) is 2.90. The van der Waals surface area contributed by atoms with Crippen molar-refractivity contribution in [2.24, 2.45) is 5.73 Å². The van der Waals surface area contributed by atoms with Crippen LogP contribution in [0.3, 0.4) is 0 Å². The quantitative estimate of drug-likeness (QED) is 0.634. The van der Waals surface area contributed by atoms with E-state index >= 15 is 0 Å². The monoisotopic (exact) mass is 265 g/mol. The van der Waals surface area contributed by atoms with E-state index in [9.17, 15) is 13.2 Å². The van der Waals surface area contributed by atoms with Crippen LogP contribution < -0.4 is 5.73 Å². The highest BCUT2D eigenvalue weighted by Gasteiger charge is 2.27. The largest absolute Gasteiger partial charge is 0.411 e. The SMILES string of the molecule is NCc1ccc(SCCOCC(F)(F)F)cc1. The third-order valence-electron chi connectivity index (χ3n) is 1.92. The molecule has 2 nitrogen and oxygen atoms in total. The molecular weight excluding hydrogens is 251 g/mol. The average molecular weight is 265 g/mol. The average Bonchev–Trinajstić information content (AvgIpc) is 2.28. The van der Waals surface area contributed by atoms with Gasteiger partial charge >= 0.3 is 6.18 Å². The van der Waals surface area contributed by atoms with Crippen LogP contribution in [0, 0.1) is 0 Å². The Hall–Kier alpha value is -0.720. The fourth-order valence-electron chi connectivity index (χ4n) is 1.13. The van der Waals surface area contributed by atoms with Crippen LogP contribution in [0.2, 0.25) is 0 Å². The lowest BCUT2D eigenvalue weighted by Gasteiger charge is -2.07. The lowest BCUT2D eigenvalue weighted by Crippen LogP contribution is -2.17. The zero-order valence-corrected chi connectivity index (χ0v) is 9.98. The van der Waals surface area contributed by atoms with Crippen molar-refractivity contribution in [2.45, 2.75) is 17.6 Å². The van der Waals surface area contributed by atoms with Crippen LogP contribution in [-0.2, 0) is 11.3 Å². The lowest BCUT2D eigenvalue weighted by atomic mass is 10.2. The summed E-state index contributed by atoms with van der Waals surface area (Å²) < 4.78 is 39.7. The molecule has 1 rings (SSSR count). The van der Waals surface area contributed by atoms with Gasteiger partial charge in [-0.1, -0.05) is 12.1 Å². The first-order chi connectivity index (χ1) is 8.01. The molecule has 0 aromatic heterocycles. The Kier molecular flexibility index (Phi) is 5.80. The number of hydrogen-bond acceptors (Lipinski definition) is 3. The molecule has 0 saturated heterocycles. The molecule has 0 saturated carbocycles. The van der Waals surface area contributed by atoms with Crippen molar-refractivity contribution >= 4 is 11.8 Å². The van der Waals surface area contributed by atoms with Crippen molar-refractivity contribution < 1.29 is 17.9 Å². The second kappa shape index (κ2) is 6.88. The molecule has 0 bridgehead atoms. The molecule has 0 atom stereocenters. The van der Waals surface area contributed by atoms with Crippen LogP contribution in [-0.4, -0.2) is 25.1 Å². The van der Waals surface area contributed by atoms with Crippen LogP contribution in [0.4, 0.5) is 13.2 Å². The van der Waals surface area contributed by atoms with Gasteiger partial charge in [0, 0.05) is 17.2 Å². The van der Waals surface area contributed by atoms with Crippen LogP contribution in [0.5, 0.6) is 0 Å². The van der Waals surface area contributed by atoms with Gasteiger partial charge in [-0.3, -0.25) is 0 Å². The van der Waals surface area contributed by atoms with Crippen LogP contribution in [0.1, 0.15) is 5.56 Å². The van der Waals surface area contributed by atoms with Crippen LogP contribution in [0.25, 0.3) is 0 Å². The van der Waals surface area contributed by atoms with Crippen molar-refractivity contribution in [3.8, 4) is 0 Å². The number of alkyl halides is 3. The van der Waals surface area contributed by atoms with E-state index in [1.54, 1.807) is 0 Å². The van der Waals surface area contributed by atoms with Crippen molar-refractivity contribution in [2.75, 3.05) is 19.0 Å². The highest BCUT2D eigenvalue weighted by Crippen LogP contribution is 2.19. The minimum atomic E-state index is -4.24. The smallest absolute Gasteiger partial charge is 0.371 e. The van der Waals surface area contributed by atoms with Gasteiger partial charge in [0.2, 0.25) is 0 Å². The molecule has 0 aliphatic rings. The van der Waals surface area contributed by atoms with Gasteiger partial charge in [-0.15, -0.1) is 11.8 Å². The molecule has 0 unspecified atom stereocenters. The number of halogens is 3. The number of hydrogen-bond donors (Lipinski definition) is 1. The van der Waals surface area contributed by atoms with Crippen molar-refractivity contribution in [3.63, 3.8) is 0 Å². The Bertz CT molecular complexity index is 326. The number of rotatable bonds is 6. The molecule has 96 valence electrons. The minimum absolute atomic E-state index is 0.0861. The van der Waals surface area contributed by atoms with E-state index in [1.165, 1.54) is 11.8 Å². The van der Waals surface area contributed by atoms with E-state index < -0.39 is 12.8 Å². The summed E-state index contributed by atoms with van der Waals surface area (Å²) in [6, 6.07) is 7.60. The second-order valence-corrected chi connectivity index (χ2v) is 4.53. The summed E-state index contributed by atoms with van der Waals surface area (Å²) in [6.45, 7) is -0.609. The molecule has 0 aliphatic heterocycles. The first-order valence-electron chi connectivity index (χ1n) is 5.07. The van der Waals surface area contributed by atoms with Crippen LogP contribution in [0.15, 0.2) is 29.2 Å². The standard InChI is InChI=1S/C11H14F3NOS/c12-11(13,14)8-16-5-6-17-10-3-1-9(7-15)2-4-10/h1-4H,5-8,15H2. The molecule has 1 aromatic rings. The van der Waals surface area contributed by atoms with Crippen LogP contribution >= 0.6 is 11.8 Å². The molecule has 2 N–H and O–H groups in total. The predicted octanol–water partition coefficient (Wildman–Crippen LogP) is 2.82. The maximum absolute atomic E-state index is 11.7. The minimum Gasteiger partial charge on any atom is -0.371 e. The van der Waals surface area contributed by atoms with Gasteiger partial charge in [0.05, 0.1) is 6.61 Å². The number of benzene rings is 1. The molecule has 0 radical (unpaired) electrons. The molecule has 17 heavy (non-hydrogen) atoms. The molecule has 0 fully saturated rings. The highest BCUT2D eigenvalue weighted by atomic mass is 32.2. The maximum Gasteiger partial charge on any atom is 0.411 e. The Morgan fingerprint density at radius 3 is 2.35 bits per heavy atom. The van der Waals surface area contributed by atoms with Gasteiger partial charge in [-0.25, -0.2) is 0 Å². The fraction of sp³-hybridized carbons (Fsp3) is 0.455. The summed E-state index contributed by atoms with van der Waals surface area (Å²) >= 11 is 1.46. The second-order valence-electron chi connectivity index (χ2n) is 3.36. The predicted molar refractivity (Wildman–Crippen MR) is 61.9 cm³/mol. The van der Waals surface area contributed by atoms with Gasteiger partial charge in [0.15, 0.2) is 0 Å². The van der Waals surface area contributed by atoms with Crippen molar-refractivity contribution in [1.82, 2.24) is 0 Å². The van der Waals surface area contributed by atoms with Crippen molar-refractivity contribution in [3.05, 3.63) is 29.8 Å². The zero-order chi connectivity index (χ0) is 12.7. The van der Waals surface area contributed by atoms with Gasteiger partial charge in [-0.2, -0.15) is 13.2 Å². The summed E-state index contributed by atoms with van der Waals surface area (Å²) in [7, 11) is 0. The lowest BCUT2D eigenvalue weighted by molar-refractivity contribution is -0.172. The summed E-state index contributed by atoms with van der Waals surface area (Å²) in [6.07, 6.45) is -4.24. The van der Waals surface area contributed by atoms with Gasteiger partial charge in [-0.05, 0) is 17.7 Å². The van der Waals surface area contributed by atoms with E-state index in [-0.39, 0.29) is 6.61 Å². The molecule has 6 heteroatoms. The van der Waals surface area contributed by atoms with Gasteiger partial charge < -0.3 is 10.5 Å². The fourth-order valence-corrected chi connectivity index (χ4v) is 1.89. The molecule has 0 heterocycles. The molecular formula is C11H14F3NOS. The molecule has 0 aliphatic carbocycles. The Balaban J connectivity index is 2.18. The normalized spacial score (nSPS) is 11.8. The first-order valence-corrected chi connectivity index (χ1v) is 6.06. The van der Waals surface area contributed by atoms with Gasteiger partial charge in [0.1, 0.15) is 6.61 Å². The van der Waals surface area contributed by atoms with E-state index in [0.717, 1.165) is 10.5 Å². The molecule has 0 spiro atoms. The number of ether oxygens (including phenoxy) is 1. The highest BCUT2D eigenvalue weighted by molar-refractivity contribution is 7.99. The summed E-state index contributed by atoms with van der Waals surface area (Å²) in [5, 5.41) is 0. The third kappa shape index (κ3) is 6.55. The van der Waals surface area contributed by atoms with Gasteiger partial charge in [0.25, 0.3) is 0 Å². The van der Waals surface area contributed by atoms with E-state index in [2.05, 4.69) is 4.74 Å². The zero-order valence-electron chi connectivity index (χ0n) is 9.17. The Labute approximate surface area is 102 Å². The topological polar surface area (TPSA) is 35.2 Å². The van der Waals surface area contributed by atoms with E-state index in [0.29, 0.717) is 12.3 Å². The number of thioether (sulfide) groups is 1. The first kappa shape index (κ1) is 14.3.